The lowest BCUT2D eigenvalue weighted by Gasteiger charge is -2.15. The smallest absolute Gasteiger partial charge is 0.263 e. The molecule has 3 rings (SSSR count). The van der Waals surface area contributed by atoms with Crippen molar-refractivity contribution < 1.29 is 18.0 Å². The lowest BCUT2D eigenvalue weighted by atomic mass is 10.1. The van der Waals surface area contributed by atoms with E-state index in [1.807, 2.05) is 33.8 Å². The van der Waals surface area contributed by atoms with Crippen molar-refractivity contribution in [3.8, 4) is 0 Å². The van der Waals surface area contributed by atoms with Crippen molar-refractivity contribution in [2.75, 3.05) is 10.0 Å². The zero-order chi connectivity index (χ0) is 25.8. The number of sulfonamides is 1. The van der Waals surface area contributed by atoms with Crippen molar-refractivity contribution in [1.29, 1.82) is 0 Å². The van der Waals surface area contributed by atoms with Crippen molar-refractivity contribution >= 4 is 44.8 Å². The van der Waals surface area contributed by atoms with Gasteiger partial charge in [0.1, 0.15) is 4.90 Å². The van der Waals surface area contributed by atoms with Crippen LogP contribution < -0.4 is 15.4 Å². The van der Waals surface area contributed by atoms with Crippen LogP contribution in [0.4, 0.5) is 11.4 Å². The zero-order valence-corrected chi connectivity index (χ0v) is 21.5. The summed E-state index contributed by atoms with van der Waals surface area (Å²) >= 11 is 6.19. The molecule has 184 valence electrons. The van der Waals surface area contributed by atoms with Crippen LogP contribution in [0.2, 0.25) is 5.02 Å². The van der Waals surface area contributed by atoms with Gasteiger partial charge < -0.3 is 10.6 Å². The Labute approximate surface area is 211 Å². The van der Waals surface area contributed by atoms with Crippen LogP contribution >= 0.6 is 11.6 Å². The summed E-state index contributed by atoms with van der Waals surface area (Å²) in [5, 5.41) is 5.55. The van der Waals surface area contributed by atoms with Crippen LogP contribution in [0.3, 0.4) is 0 Å². The third-order valence-electron chi connectivity index (χ3n) is 5.65. The molecule has 0 radical (unpaired) electrons. The first kappa shape index (κ1) is 26.2. The van der Waals surface area contributed by atoms with E-state index in [0.717, 1.165) is 17.5 Å². The second-order valence-corrected chi connectivity index (χ2v) is 10.4. The fourth-order valence-corrected chi connectivity index (χ4v) is 4.83. The molecule has 0 fully saturated rings. The summed E-state index contributed by atoms with van der Waals surface area (Å²) in [5.41, 5.74) is 3.04. The topological polar surface area (TPSA) is 104 Å². The number of nitrogens with one attached hydrogen (secondary N) is 3. The fourth-order valence-electron chi connectivity index (χ4n) is 3.25. The van der Waals surface area contributed by atoms with Crippen LogP contribution in [0.25, 0.3) is 0 Å². The van der Waals surface area contributed by atoms with E-state index >= 15 is 0 Å². The molecule has 0 spiro atoms. The number of benzene rings is 3. The monoisotopic (exact) mass is 513 g/mol. The van der Waals surface area contributed by atoms with Gasteiger partial charge in [-0.3, -0.25) is 14.3 Å². The van der Waals surface area contributed by atoms with Gasteiger partial charge >= 0.3 is 0 Å². The number of rotatable bonds is 8. The summed E-state index contributed by atoms with van der Waals surface area (Å²) in [6.07, 6.45) is 0.762. The highest BCUT2D eigenvalue weighted by atomic mass is 35.5. The Morgan fingerprint density at radius 3 is 2.34 bits per heavy atom. The van der Waals surface area contributed by atoms with Crippen LogP contribution in [-0.4, -0.2) is 26.3 Å². The molecule has 0 aliphatic rings. The molecule has 0 bridgehead atoms. The number of hydrogen-bond acceptors (Lipinski definition) is 4. The Balaban J connectivity index is 1.87. The van der Waals surface area contributed by atoms with E-state index in [4.69, 9.17) is 11.6 Å². The van der Waals surface area contributed by atoms with Crippen molar-refractivity contribution in [2.24, 2.45) is 0 Å². The van der Waals surface area contributed by atoms with Gasteiger partial charge in [0.15, 0.2) is 0 Å². The molecule has 0 heterocycles. The molecular formula is C26H28ClN3O4S. The molecule has 0 saturated heterocycles. The first-order valence-corrected chi connectivity index (χ1v) is 13.0. The molecular weight excluding hydrogens is 486 g/mol. The van der Waals surface area contributed by atoms with Gasteiger partial charge in [-0.15, -0.1) is 0 Å². The van der Waals surface area contributed by atoms with E-state index in [2.05, 4.69) is 15.4 Å². The predicted molar refractivity (Wildman–Crippen MR) is 140 cm³/mol. The third kappa shape index (κ3) is 6.41. The minimum Gasteiger partial charge on any atom is -0.350 e. The Hall–Kier alpha value is -3.36. The van der Waals surface area contributed by atoms with Gasteiger partial charge in [0.2, 0.25) is 0 Å². The average Bonchev–Trinajstić information content (AvgIpc) is 2.81. The fraction of sp³-hybridized carbons (Fsp3) is 0.231. The molecule has 2 amide bonds. The molecule has 3 N–H and O–H groups in total. The number of hydrogen-bond donors (Lipinski definition) is 3. The van der Waals surface area contributed by atoms with Gasteiger partial charge in [-0.1, -0.05) is 36.7 Å². The number of halogens is 1. The molecule has 0 aliphatic heterocycles. The van der Waals surface area contributed by atoms with E-state index in [-0.39, 0.29) is 27.4 Å². The van der Waals surface area contributed by atoms with Gasteiger partial charge in [0, 0.05) is 17.3 Å². The maximum atomic E-state index is 13.0. The van der Waals surface area contributed by atoms with E-state index in [1.54, 1.807) is 36.4 Å². The molecule has 35 heavy (non-hydrogen) atoms. The lowest BCUT2D eigenvalue weighted by molar-refractivity contribution is 0.0940. The summed E-state index contributed by atoms with van der Waals surface area (Å²) in [6.45, 7) is 7.66. The second-order valence-electron chi connectivity index (χ2n) is 8.33. The number of amides is 2. The van der Waals surface area contributed by atoms with Gasteiger partial charge in [0.05, 0.1) is 16.3 Å². The molecule has 0 aromatic heterocycles. The molecule has 3 aromatic rings. The predicted octanol–water partition coefficient (Wildman–Crippen LogP) is 5.54. The highest BCUT2D eigenvalue weighted by molar-refractivity contribution is 7.92. The zero-order valence-electron chi connectivity index (χ0n) is 20.0. The molecule has 3 aromatic carbocycles. The molecule has 1 atom stereocenters. The second kappa shape index (κ2) is 10.9. The van der Waals surface area contributed by atoms with E-state index in [9.17, 15) is 18.0 Å². The number of carbonyl (C=O) groups excluding carboxylic acids is 2. The summed E-state index contributed by atoms with van der Waals surface area (Å²) in [4.78, 5) is 25.4. The maximum absolute atomic E-state index is 13.0. The van der Waals surface area contributed by atoms with E-state index < -0.39 is 15.9 Å². The van der Waals surface area contributed by atoms with E-state index in [1.165, 1.54) is 18.2 Å². The minimum absolute atomic E-state index is 0.0220. The summed E-state index contributed by atoms with van der Waals surface area (Å²) in [6, 6.07) is 15.8. The molecule has 0 saturated carbocycles. The summed E-state index contributed by atoms with van der Waals surface area (Å²) in [5.74, 6) is -0.889. The highest BCUT2D eigenvalue weighted by Gasteiger charge is 2.22. The molecule has 0 aliphatic carbocycles. The number of para-hydroxylation sites is 1. The first-order valence-electron chi connectivity index (χ1n) is 11.1. The highest BCUT2D eigenvalue weighted by Crippen LogP contribution is 2.27. The molecule has 0 unspecified atom stereocenters. The quantitative estimate of drug-likeness (QED) is 0.368. The summed E-state index contributed by atoms with van der Waals surface area (Å²) < 4.78 is 28.6. The maximum Gasteiger partial charge on any atom is 0.263 e. The minimum atomic E-state index is -4.07. The van der Waals surface area contributed by atoms with Gasteiger partial charge in [-0.2, -0.15) is 0 Å². The van der Waals surface area contributed by atoms with Gasteiger partial charge in [-0.25, -0.2) is 8.42 Å². The normalized spacial score (nSPS) is 12.0. The lowest BCUT2D eigenvalue weighted by Crippen LogP contribution is -2.32. The molecule has 7 nitrogen and oxygen atoms in total. The van der Waals surface area contributed by atoms with Crippen molar-refractivity contribution in [3.63, 3.8) is 0 Å². The molecule has 9 heteroatoms. The average molecular weight is 514 g/mol. The number of anilines is 2. The van der Waals surface area contributed by atoms with Crippen LogP contribution in [0.5, 0.6) is 0 Å². The third-order valence-corrected chi connectivity index (χ3v) is 7.51. The first-order chi connectivity index (χ1) is 16.5. The van der Waals surface area contributed by atoms with Crippen LogP contribution in [-0.2, 0) is 10.0 Å². The van der Waals surface area contributed by atoms with Crippen molar-refractivity contribution in [2.45, 2.75) is 45.1 Å². The Bertz CT molecular complexity index is 1370. The largest absolute Gasteiger partial charge is 0.350 e. The van der Waals surface area contributed by atoms with Crippen LogP contribution in [0.1, 0.15) is 52.1 Å². The SMILES string of the molecule is CC[C@@H](C)NC(=O)c1ccccc1NC(=O)c1ccc(Cl)c(S(=O)(=O)Nc2ccc(C)c(C)c2)c1. The van der Waals surface area contributed by atoms with Gasteiger partial charge in [0.25, 0.3) is 21.8 Å². The van der Waals surface area contributed by atoms with Gasteiger partial charge in [-0.05, 0) is 80.8 Å². The Morgan fingerprint density at radius 1 is 0.943 bits per heavy atom. The van der Waals surface area contributed by atoms with Crippen LogP contribution in [0.15, 0.2) is 65.6 Å². The standard InChI is InChI=1S/C26H28ClN3O4S/c1-5-18(4)28-26(32)21-8-6-7-9-23(21)29-25(31)19-11-13-22(27)24(15-19)35(33,34)30-20-12-10-16(2)17(3)14-20/h6-15,18,30H,5H2,1-4H3,(H,28,32)(H,29,31)/t18-/m1/s1. The van der Waals surface area contributed by atoms with Crippen molar-refractivity contribution in [1.82, 2.24) is 5.32 Å². The number of aryl methyl sites for hydroxylation is 2. The van der Waals surface area contributed by atoms with E-state index in [0.29, 0.717) is 16.9 Å². The Kier molecular flexibility index (Phi) is 8.19. The number of carbonyl (C=O) groups is 2. The summed E-state index contributed by atoms with van der Waals surface area (Å²) in [7, 11) is -4.07. The Morgan fingerprint density at radius 2 is 1.66 bits per heavy atom. The van der Waals surface area contributed by atoms with Crippen LogP contribution in [0, 0.1) is 13.8 Å². The van der Waals surface area contributed by atoms with Crippen molar-refractivity contribution in [3.05, 3.63) is 87.9 Å².